The highest BCUT2D eigenvalue weighted by molar-refractivity contribution is 7.79. The van der Waals surface area contributed by atoms with Gasteiger partial charge in [0.15, 0.2) is 0 Å². The summed E-state index contributed by atoms with van der Waals surface area (Å²) in [7, 11) is 0. The van der Waals surface area contributed by atoms with Crippen molar-refractivity contribution in [3.05, 3.63) is 180 Å². The third kappa shape index (κ3) is 8.29. The van der Waals surface area contributed by atoms with Gasteiger partial charge in [0.05, 0.1) is 5.56 Å². The topological polar surface area (TPSA) is 27.7 Å². The molecule has 0 aliphatic rings. The number of alkyl halides is 3. The predicted octanol–water partition coefficient (Wildman–Crippen LogP) is 13.9. The highest BCUT2D eigenvalue weighted by Gasteiger charge is 2.30. The third-order valence-electron chi connectivity index (χ3n) is 8.56. The van der Waals surface area contributed by atoms with Crippen LogP contribution in [-0.4, -0.2) is 5.37 Å². The second kappa shape index (κ2) is 15.2. The fourth-order valence-corrected chi connectivity index (χ4v) is 6.11. The Hall–Kier alpha value is -6.25. The first kappa shape index (κ1) is 35.2. The van der Waals surface area contributed by atoms with Gasteiger partial charge in [-0.1, -0.05) is 78.4 Å². The zero-order valence-electron chi connectivity index (χ0n) is 28.2. The van der Waals surface area contributed by atoms with Crippen molar-refractivity contribution in [2.24, 2.45) is 0 Å². The Bertz CT molecular complexity index is 2340. The highest BCUT2D eigenvalue weighted by atomic mass is 32.1. The van der Waals surface area contributed by atoms with E-state index in [4.69, 9.17) is 26.4 Å². The Morgan fingerprint density at radius 3 is 1.25 bits per heavy atom. The van der Waals surface area contributed by atoms with Crippen LogP contribution in [0.5, 0.6) is 34.5 Å². The first-order chi connectivity index (χ1) is 25.6. The summed E-state index contributed by atoms with van der Waals surface area (Å²) in [6.07, 6.45) is -4.43. The van der Waals surface area contributed by atoms with Crippen molar-refractivity contribution >= 4 is 17.6 Å². The molecule has 7 aromatic carbocycles. The summed E-state index contributed by atoms with van der Waals surface area (Å²) in [5.74, 6) is 2.96. The van der Waals surface area contributed by atoms with Crippen LogP contribution in [0.15, 0.2) is 158 Å². The Labute approximate surface area is 309 Å². The van der Waals surface area contributed by atoms with Gasteiger partial charge in [-0.3, -0.25) is 0 Å². The molecule has 0 aliphatic heterocycles. The second-order valence-corrected chi connectivity index (χ2v) is 12.5. The molecule has 0 bridgehead atoms. The van der Waals surface area contributed by atoms with Crippen LogP contribution >= 0.6 is 12.2 Å². The van der Waals surface area contributed by atoms with E-state index in [1.807, 2.05) is 97.9 Å². The first-order valence-corrected chi connectivity index (χ1v) is 17.1. The monoisotopic (exact) mass is 726 g/mol. The normalized spacial score (nSPS) is 11.2. The van der Waals surface area contributed by atoms with Gasteiger partial charge >= 0.3 is 6.18 Å². The van der Waals surface area contributed by atoms with Gasteiger partial charge in [0, 0.05) is 10.9 Å². The number of thiocarbonyl (C=S) groups is 1. The van der Waals surface area contributed by atoms with Crippen LogP contribution in [0.4, 0.5) is 17.6 Å². The van der Waals surface area contributed by atoms with E-state index in [0.717, 1.165) is 62.4 Å². The maximum atomic E-state index is 13.4. The van der Waals surface area contributed by atoms with E-state index in [1.165, 1.54) is 24.3 Å². The van der Waals surface area contributed by atoms with Crippen LogP contribution in [0, 0.1) is 12.7 Å². The van der Waals surface area contributed by atoms with E-state index in [1.54, 1.807) is 29.6 Å². The van der Waals surface area contributed by atoms with Crippen molar-refractivity contribution in [1.82, 2.24) is 0 Å². The average molecular weight is 727 g/mol. The van der Waals surface area contributed by atoms with E-state index in [2.05, 4.69) is 6.07 Å². The van der Waals surface area contributed by atoms with Crippen molar-refractivity contribution in [3.8, 4) is 67.9 Å². The lowest BCUT2D eigenvalue weighted by Crippen LogP contribution is -2.03. The van der Waals surface area contributed by atoms with Crippen LogP contribution in [0.3, 0.4) is 0 Å². The zero-order valence-corrected chi connectivity index (χ0v) is 29.0. The molecule has 0 saturated carbocycles. The number of hydrogen-bond donors (Lipinski definition) is 0. The predicted molar refractivity (Wildman–Crippen MR) is 205 cm³/mol. The lowest BCUT2D eigenvalue weighted by molar-refractivity contribution is -0.137. The maximum absolute atomic E-state index is 13.4. The minimum atomic E-state index is -4.43. The molecule has 0 N–H and O–H groups in total. The molecule has 0 fully saturated rings. The Morgan fingerprint density at radius 1 is 0.453 bits per heavy atom. The molecular weight excluding hydrogens is 697 g/mol. The van der Waals surface area contributed by atoms with Gasteiger partial charge in [-0.05, 0) is 137 Å². The first-order valence-electron chi connectivity index (χ1n) is 16.6. The molecule has 262 valence electrons. The lowest BCUT2D eigenvalue weighted by atomic mass is 9.86. The maximum Gasteiger partial charge on any atom is 0.416 e. The number of aryl methyl sites for hydroxylation is 1. The summed E-state index contributed by atoms with van der Waals surface area (Å²) in [6, 6.07) is 45.1. The van der Waals surface area contributed by atoms with E-state index < -0.39 is 11.7 Å². The molecule has 7 aromatic rings. The third-order valence-corrected chi connectivity index (χ3v) is 8.80. The Balaban J connectivity index is 1.23. The lowest BCUT2D eigenvalue weighted by Gasteiger charge is -2.18. The fraction of sp³-hybridized carbons (Fsp3) is 0.0444. The minimum Gasteiger partial charge on any atom is -0.457 e. The molecule has 0 radical (unpaired) electrons. The molecule has 0 spiro atoms. The summed E-state index contributed by atoms with van der Waals surface area (Å²) >= 11 is 5.67. The van der Waals surface area contributed by atoms with Crippen molar-refractivity contribution < 1.29 is 31.8 Å². The molecule has 0 saturated heterocycles. The Kier molecular flexibility index (Phi) is 10.1. The molecular formula is C45H30F4O3S. The fourth-order valence-electron chi connectivity index (χ4n) is 5.87. The van der Waals surface area contributed by atoms with Crippen molar-refractivity contribution in [2.75, 3.05) is 0 Å². The number of rotatable bonds is 10. The summed E-state index contributed by atoms with van der Waals surface area (Å²) in [6.45, 7) is 2.02. The number of benzene rings is 7. The molecule has 0 aliphatic carbocycles. The number of hydrogen-bond acceptors (Lipinski definition) is 4. The largest absolute Gasteiger partial charge is 0.457 e. The number of halogens is 4. The van der Waals surface area contributed by atoms with E-state index in [0.29, 0.717) is 23.0 Å². The highest BCUT2D eigenvalue weighted by Crippen LogP contribution is 2.41. The van der Waals surface area contributed by atoms with Gasteiger partial charge in [0.1, 0.15) is 40.3 Å². The van der Waals surface area contributed by atoms with Gasteiger partial charge in [0.25, 0.3) is 0 Å². The molecule has 0 atom stereocenters. The summed E-state index contributed by atoms with van der Waals surface area (Å²) in [5, 5.41) is 1.67. The van der Waals surface area contributed by atoms with Gasteiger partial charge in [-0.2, -0.15) is 13.2 Å². The summed E-state index contributed by atoms with van der Waals surface area (Å²) < 4.78 is 70.4. The second-order valence-electron chi connectivity index (χ2n) is 12.2. The van der Waals surface area contributed by atoms with Gasteiger partial charge in [-0.15, -0.1) is 0 Å². The standard InChI is InChI=1S/C45H30F4O3S/c1-29-2-14-35(15-3-29)50-37-18-6-31(7-19-37)42-27-26-41(30-4-16-36(17-5-30)52-40-24-12-34(46)13-25-40)43(28-53)44(42)32-8-20-38(21-9-32)51-39-22-10-33(11-23-39)45(47,48)49/h2-28H,1H3. The van der Waals surface area contributed by atoms with Gasteiger partial charge < -0.3 is 14.2 Å². The summed E-state index contributed by atoms with van der Waals surface area (Å²) in [5.41, 5.74) is 6.64. The minimum absolute atomic E-state index is 0.285. The van der Waals surface area contributed by atoms with Crippen LogP contribution in [-0.2, 0) is 6.18 Å². The molecule has 0 aromatic heterocycles. The molecule has 8 heteroatoms. The molecule has 0 amide bonds. The summed E-state index contributed by atoms with van der Waals surface area (Å²) in [4.78, 5) is 0. The van der Waals surface area contributed by atoms with Gasteiger partial charge in [-0.25, -0.2) is 4.39 Å². The van der Waals surface area contributed by atoms with Crippen molar-refractivity contribution in [1.29, 1.82) is 0 Å². The molecule has 53 heavy (non-hydrogen) atoms. The van der Waals surface area contributed by atoms with Gasteiger partial charge in [0.2, 0.25) is 0 Å². The molecule has 7 rings (SSSR count). The number of ether oxygens (including phenoxy) is 3. The Morgan fingerprint density at radius 2 is 0.811 bits per heavy atom. The average Bonchev–Trinajstić information content (AvgIpc) is 3.17. The molecule has 3 nitrogen and oxygen atoms in total. The van der Waals surface area contributed by atoms with Crippen molar-refractivity contribution in [3.63, 3.8) is 0 Å². The van der Waals surface area contributed by atoms with E-state index >= 15 is 0 Å². The SMILES string of the molecule is Cc1ccc(Oc2ccc(-c3ccc(-c4ccc(Oc5ccc(F)cc5)cc4)c(C=S)c3-c3ccc(Oc4ccc(C(F)(F)F)cc4)cc3)cc2)cc1. The van der Waals surface area contributed by atoms with Crippen molar-refractivity contribution in [2.45, 2.75) is 13.1 Å². The van der Waals surface area contributed by atoms with E-state index in [9.17, 15) is 17.6 Å². The van der Waals surface area contributed by atoms with Crippen LogP contribution < -0.4 is 14.2 Å². The van der Waals surface area contributed by atoms with Crippen LogP contribution in [0.1, 0.15) is 16.7 Å². The van der Waals surface area contributed by atoms with Crippen LogP contribution in [0.2, 0.25) is 0 Å². The zero-order chi connectivity index (χ0) is 37.0. The van der Waals surface area contributed by atoms with E-state index in [-0.39, 0.29) is 11.6 Å². The quantitative estimate of drug-likeness (QED) is 0.104. The molecule has 0 unspecified atom stereocenters. The van der Waals surface area contributed by atoms with Crippen LogP contribution in [0.25, 0.3) is 33.4 Å². The smallest absolute Gasteiger partial charge is 0.416 e. The molecule has 0 heterocycles.